The van der Waals surface area contributed by atoms with Gasteiger partial charge in [0.15, 0.2) is 0 Å². The Morgan fingerprint density at radius 3 is 2.74 bits per heavy atom. The number of carbonyl (C=O) groups excluding carboxylic acids is 2. The third-order valence-electron chi connectivity index (χ3n) is 2.96. The van der Waals surface area contributed by atoms with E-state index >= 15 is 0 Å². The van der Waals surface area contributed by atoms with Gasteiger partial charge in [0, 0.05) is 12.2 Å². The Labute approximate surface area is 136 Å². The Bertz CT molecular complexity index is 691. The average molecular weight is 341 g/mol. The van der Waals surface area contributed by atoms with Crippen molar-refractivity contribution in [1.82, 2.24) is 5.32 Å². The number of hydrogen-bond donors (Lipinski definition) is 3. The van der Waals surface area contributed by atoms with Gasteiger partial charge in [0.05, 0.1) is 11.3 Å². The molecule has 0 saturated carbocycles. The van der Waals surface area contributed by atoms with E-state index in [4.69, 9.17) is 16.0 Å². The van der Waals surface area contributed by atoms with Gasteiger partial charge in [-0.05, 0) is 36.8 Å². The molecule has 1 atom stereocenters. The summed E-state index contributed by atoms with van der Waals surface area (Å²) in [5, 5.41) is 14.2. The van der Waals surface area contributed by atoms with Gasteiger partial charge >= 0.3 is 11.8 Å². The molecular formula is C15H14ClFN2O4. The molecule has 0 fully saturated rings. The number of aliphatic hydroxyl groups excluding tert-OH is 1. The minimum absolute atomic E-state index is 0.0816. The van der Waals surface area contributed by atoms with E-state index in [1.807, 2.05) is 0 Å². The van der Waals surface area contributed by atoms with Gasteiger partial charge in [-0.25, -0.2) is 4.39 Å². The molecule has 0 spiro atoms. The second-order valence-corrected chi connectivity index (χ2v) is 5.07. The zero-order chi connectivity index (χ0) is 16.8. The van der Waals surface area contributed by atoms with Crippen molar-refractivity contribution in [3.05, 3.63) is 53.2 Å². The van der Waals surface area contributed by atoms with Gasteiger partial charge in [0.1, 0.15) is 17.7 Å². The predicted octanol–water partition coefficient (Wildman–Crippen LogP) is 2.25. The molecule has 23 heavy (non-hydrogen) atoms. The lowest BCUT2D eigenvalue weighted by molar-refractivity contribution is -0.136. The third kappa shape index (κ3) is 4.80. The Hall–Kier alpha value is -2.38. The van der Waals surface area contributed by atoms with Crippen molar-refractivity contribution < 1.29 is 23.5 Å². The number of rotatable bonds is 5. The Balaban J connectivity index is 1.78. The number of benzene rings is 1. The molecule has 2 aromatic rings. The molecule has 8 heteroatoms. The number of furan rings is 1. The maximum atomic E-state index is 13.0. The van der Waals surface area contributed by atoms with Crippen molar-refractivity contribution in [2.45, 2.75) is 12.5 Å². The predicted molar refractivity (Wildman–Crippen MR) is 81.3 cm³/mol. The molecule has 0 bridgehead atoms. The molecule has 0 radical (unpaired) electrons. The molecule has 0 unspecified atom stereocenters. The van der Waals surface area contributed by atoms with E-state index < -0.39 is 23.7 Å². The fourth-order valence-electron chi connectivity index (χ4n) is 1.79. The summed E-state index contributed by atoms with van der Waals surface area (Å²) < 4.78 is 18.0. The highest BCUT2D eigenvalue weighted by atomic mass is 35.5. The Kier molecular flexibility index (Phi) is 5.72. The summed E-state index contributed by atoms with van der Waals surface area (Å²) in [4.78, 5) is 23.3. The number of amides is 2. The van der Waals surface area contributed by atoms with E-state index in [1.54, 1.807) is 12.1 Å². The highest BCUT2D eigenvalue weighted by Crippen LogP contribution is 2.19. The zero-order valence-corrected chi connectivity index (χ0v) is 12.6. The molecule has 0 aliphatic heterocycles. The first-order chi connectivity index (χ1) is 11.0. The van der Waals surface area contributed by atoms with Crippen molar-refractivity contribution in [2.75, 3.05) is 11.9 Å². The molecule has 0 aliphatic carbocycles. The van der Waals surface area contributed by atoms with Crippen molar-refractivity contribution in [1.29, 1.82) is 0 Å². The third-order valence-corrected chi connectivity index (χ3v) is 3.25. The van der Waals surface area contributed by atoms with E-state index in [0.717, 1.165) is 6.07 Å². The first-order valence-electron chi connectivity index (χ1n) is 6.73. The highest BCUT2D eigenvalue weighted by molar-refractivity contribution is 6.39. The van der Waals surface area contributed by atoms with Crippen LogP contribution in [0.2, 0.25) is 5.02 Å². The first-order valence-corrected chi connectivity index (χ1v) is 7.11. The van der Waals surface area contributed by atoms with Gasteiger partial charge in [0.25, 0.3) is 0 Å². The minimum atomic E-state index is -0.917. The van der Waals surface area contributed by atoms with Crippen LogP contribution in [-0.2, 0) is 9.59 Å². The molecule has 0 saturated heterocycles. The lowest BCUT2D eigenvalue weighted by Gasteiger charge is -2.09. The van der Waals surface area contributed by atoms with Crippen LogP contribution >= 0.6 is 11.6 Å². The van der Waals surface area contributed by atoms with Gasteiger partial charge < -0.3 is 20.2 Å². The van der Waals surface area contributed by atoms with E-state index in [2.05, 4.69) is 10.6 Å². The number of anilines is 1. The number of carbonyl (C=O) groups is 2. The Morgan fingerprint density at radius 2 is 2.09 bits per heavy atom. The monoisotopic (exact) mass is 340 g/mol. The summed E-state index contributed by atoms with van der Waals surface area (Å²) in [5.74, 6) is -2.04. The number of nitrogens with one attached hydrogen (secondary N) is 2. The molecule has 6 nitrogen and oxygen atoms in total. The van der Waals surface area contributed by atoms with Crippen LogP contribution in [0.3, 0.4) is 0 Å². The molecule has 1 aromatic heterocycles. The highest BCUT2D eigenvalue weighted by Gasteiger charge is 2.16. The van der Waals surface area contributed by atoms with Crippen LogP contribution in [0.25, 0.3) is 0 Å². The van der Waals surface area contributed by atoms with Crippen LogP contribution in [0, 0.1) is 5.82 Å². The second kappa shape index (κ2) is 7.75. The zero-order valence-electron chi connectivity index (χ0n) is 11.9. The number of hydrogen-bond acceptors (Lipinski definition) is 4. The molecular weight excluding hydrogens is 327 g/mol. The maximum absolute atomic E-state index is 13.0. The van der Waals surface area contributed by atoms with Crippen molar-refractivity contribution in [3.63, 3.8) is 0 Å². The average Bonchev–Trinajstić information content (AvgIpc) is 3.05. The fraction of sp³-hybridized carbons (Fsp3) is 0.200. The summed E-state index contributed by atoms with van der Waals surface area (Å²) in [6.45, 7) is 0.0816. The number of halogens is 2. The van der Waals surface area contributed by atoms with Gasteiger partial charge in [0.2, 0.25) is 0 Å². The Morgan fingerprint density at radius 1 is 1.30 bits per heavy atom. The van der Waals surface area contributed by atoms with Crippen molar-refractivity contribution in [3.8, 4) is 0 Å². The second-order valence-electron chi connectivity index (χ2n) is 4.66. The minimum Gasteiger partial charge on any atom is -0.467 e. The number of aliphatic hydroxyl groups is 1. The largest absolute Gasteiger partial charge is 0.467 e. The van der Waals surface area contributed by atoms with Crippen LogP contribution in [0.15, 0.2) is 41.0 Å². The standard InChI is InChI=1S/C15H14ClFN2O4/c16-10-8-9(3-4-11(10)17)19-15(22)14(21)18-6-5-12(20)13-2-1-7-23-13/h1-4,7-8,12,20H,5-6H2,(H,18,21)(H,19,22)/t12-/m0/s1. The van der Waals surface area contributed by atoms with Gasteiger partial charge in [-0.15, -0.1) is 0 Å². The maximum Gasteiger partial charge on any atom is 0.313 e. The van der Waals surface area contributed by atoms with Gasteiger partial charge in [-0.2, -0.15) is 0 Å². The molecule has 2 amide bonds. The van der Waals surface area contributed by atoms with E-state index in [-0.39, 0.29) is 23.7 Å². The molecule has 3 N–H and O–H groups in total. The lowest BCUT2D eigenvalue weighted by atomic mass is 10.2. The summed E-state index contributed by atoms with van der Waals surface area (Å²) in [6.07, 6.45) is 0.747. The first kappa shape index (κ1) is 17.0. The summed E-state index contributed by atoms with van der Waals surface area (Å²) in [6, 6.07) is 6.81. The molecule has 0 aliphatic rings. The summed E-state index contributed by atoms with van der Waals surface area (Å²) >= 11 is 5.58. The van der Waals surface area contributed by atoms with Crippen LogP contribution in [0.4, 0.5) is 10.1 Å². The topological polar surface area (TPSA) is 91.6 Å². The van der Waals surface area contributed by atoms with Crippen LogP contribution < -0.4 is 10.6 Å². The quantitative estimate of drug-likeness (QED) is 0.728. The van der Waals surface area contributed by atoms with Crippen molar-refractivity contribution >= 4 is 29.1 Å². The molecule has 1 aromatic carbocycles. The van der Waals surface area contributed by atoms with Crippen LogP contribution in [-0.4, -0.2) is 23.5 Å². The van der Waals surface area contributed by atoms with E-state index in [9.17, 15) is 19.1 Å². The lowest BCUT2D eigenvalue weighted by Crippen LogP contribution is -2.36. The molecule has 122 valence electrons. The normalized spacial score (nSPS) is 11.8. The molecule has 2 rings (SSSR count). The fourth-order valence-corrected chi connectivity index (χ4v) is 1.97. The van der Waals surface area contributed by atoms with Crippen LogP contribution in [0.1, 0.15) is 18.3 Å². The SMILES string of the molecule is O=C(NCC[C@H](O)c1ccco1)C(=O)Nc1ccc(F)c(Cl)c1. The van der Waals surface area contributed by atoms with Crippen molar-refractivity contribution in [2.24, 2.45) is 0 Å². The smallest absolute Gasteiger partial charge is 0.313 e. The molecule has 1 heterocycles. The van der Waals surface area contributed by atoms with Crippen LogP contribution in [0.5, 0.6) is 0 Å². The van der Waals surface area contributed by atoms with Gasteiger partial charge in [-0.3, -0.25) is 9.59 Å². The summed E-state index contributed by atoms with van der Waals surface area (Å²) in [5.41, 5.74) is 0.201. The van der Waals surface area contributed by atoms with E-state index in [1.165, 1.54) is 18.4 Å². The van der Waals surface area contributed by atoms with Gasteiger partial charge in [-0.1, -0.05) is 11.6 Å². The van der Waals surface area contributed by atoms with E-state index in [0.29, 0.717) is 5.76 Å². The summed E-state index contributed by atoms with van der Waals surface area (Å²) in [7, 11) is 0.